The van der Waals surface area contributed by atoms with Gasteiger partial charge in [0, 0.05) is 5.92 Å². The smallest absolute Gasteiger partial charge is 0.180 e. The molecule has 2 aromatic rings. The van der Waals surface area contributed by atoms with Gasteiger partial charge in [-0.15, -0.1) is 10.2 Å². The number of aryl methyl sites for hydroxylation is 1. The predicted octanol–water partition coefficient (Wildman–Crippen LogP) is 3.06. The van der Waals surface area contributed by atoms with Crippen molar-refractivity contribution in [2.24, 2.45) is 0 Å². The molecular formula is C11H11FN4S2. The Labute approximate surface area is 112 Å². The van der Waals surface area contributed by atoms with Crippen LogP contribution in [0.1, 0.15) is 36.4 Å². The van der Waals surface area contributed by atoms with Crippen molar-refractivity contribution in [2.45, 2.75) is 41.5 Å². The Morgan fingerprint density at radius 3 is 2.94 bits per heavy atom. The summed E-state index contributed by atoms with van der Waals surface area (Å²) in [7, 11) is 0. The van der Waals surface area contributed by atoms with Crippen LogP contribution in [0, 0.1) is 5.82 Å². The van der Waals surface area contributed by atoms with Crippen LogP contribution in [-0.2, 0) is 6.42 Å². The first-order valence-electron chi connectivity index (χ1n) is 5.78. The Morgan fingerprint density at radius 1 is 1.39 bits per heavy atom. The van der Waals surface area contributed by atoms with E-state index < -0.39 is 0 Å². The molecule has 0 N–H and O–H groups in total. The lowest BCUT2D eigenvalue weighted by Crippen LogP contribution is -1.97. The summed E-state index contributed by atoms with van der Waals surface area (Å²) in [5.74, 6) is 0.242. The number of rotatable bonds is 4. The molecular weight excluding hydrogens is 271 g/mol. The van der Waals surface area contributed by atoms with Gasteiger partial charge in [0.15, 0.2) is 10.2 Å². The van der Waals surface area contributed by atoms with Crippen molar-refractivity contribution in [1.82, 2.24) is 20.2 Å². The van der Waals surface area contributed by atoms with Crippen molar-refractivity contribution < 1.29 is 4.39 Å². The first-order chi connectivity index (χ1) is 8.78. The molecule has 18 heavy (non-hydrogen) atoms. The molecule has 0 amide bonds. The quantitative estimate of drug-likeness (QED) is 0.807. The van der Waals surface area contributed by atoms with Gasteiger partial charge in [-0.25, -0.2) is 14.4 Å². The second-order valence-corrected chi connectivity index (χ2v) is 6.32. The zero-order chi connectivity index (χ0) is 12.5. The second-order valence-electron chi connectivity index (χ2n) is 4.08. The minimum atomic E-state index is -0.340. The molecule has 3 rings (SSSR count). The Hall–Kier alpha value is -1.08. The highest BCUT2D eigenvalue weighted by Gasteiger charge is 2.27. The van der Waals surface area contributed by atoms with E-state index >= 15 is 0 Å². The maximum absolute atomic E-state index is 13.9. The highest BCUT2D eigenvalue weighted by atomic mass is 32.2. The Balaban J connectivity index is 1.82. The van der Waals surface area contributed by atoms with E-state index in [0.29, 0.717) is 23.1 Å². The molecule has 7 heteroatoms. The van der Waals surface area contributed by atoms with E-state index in [0.717, 1.165) is 9.35 Å². The van der Waals surface area contributed by atoms with Gasteiger partial charge in [0.2, 0.25) is 0 Å². The van der Waals surface area contributed by atoms with Crippen LogP contribution < -0.4 is 0 Å². The Bertz CT molecular complexity index is 568. The Morgan fingerprint density at radius 2 is 2.22 bits per heavy atom. The van der Waals surface area contributed by atoms with E-state index in [1.54, 1.807) is 0 Å². The molecule has 1 fully saturated rings. The molecule has 1 aliphatic rings. The normalized spacial score (nSPS) is 15.0. The van der Waals surface area contributed by atoms with E-state index in [2.05, 4.69) is 20.2 Å². The first kappa shape index (κ1) is 12.0. The fourth-order valence-electron chi connectivity index (χ4n) is 1.55. The van der Waals surface area contributed by atoms with Crippen molar-refractivity contribution in [2.75, 3.05) is 0 Å². The van der Waals surface area contributed by atoms with Gasteiger partial charge in [-0.3, -0.25) is 0 Å². The topological polar surface area (TPSA) is 51.6 Å². The molecule has 0 unspecified atom stereocenters. The molecule has 2 heterocycles. The van der Waals surface area contributed by atoms with Crippen LogP contribution >= 0.6 is 23.1 Å². The average molecular weight is 282 g/mol. The summed E-state index contributed by atoms with van der Waals surface area (Å²) in [6, 6.07) is 0. The van der Waals surface area contributed by atoms with Gasteiger partial charge in [0.1, 0.15) is 16.4 Å². The molecule has 2 aromatic heterocycles. The lowest BCUT2D eigenvalue weighted by Gasteiger charge is -2.01. The standard InChI is InChI=1S/C11H11FN4S2/c1-2-7-8(12)10(14-5-13-7)18-11-16-15-9(17-11)6-3-4-6/h5-6H,2-4H2,1H3. The van der Waals surface area contributed by atoms with Crippen molar-refractivity contribution in [3.8, 4) is 0 Å². The van der Waals surface area contributed by atoms with Crippen LogP contribution in [0.25, 0.3) is 0 Å². The van der Waals surface area contributed by atoms with Crippen molar-refractivity contribution >= 4 is 23.1 Å². The minimum Gasteiger partial charge on any atom is -0.238 e. The van der Waals surface area contributed by atoms with E-state index in [1.165, 1.54) is 42.3 Å². The summed E-state index contributed by atoms with van der Waals surface area (Å²) in [5, 5.41) is 9.59. The van der Waals surface area contributed by atoms with Crippen LogP contribution in [0.3, 0.4) is 0 Å². The number of aromatic nitrogens is 4. The second kappa shape index (κ2) is 4.89. The lowest BCUT2D eigenvalue weighted by molar-refractivity contribution is 0.559. The van der Waals surface area contributed by atoms with Crippen molar-refractivity contribution in [3.05, 3.63) is 22.8 Å². The van der Waals surface area contributed by atoms with Crippen LogP contribution in [0.4, 0.5) is 4.39 Å². The fraction of sp³-hybridized carbons (Fsp3) is 0.455. The molecule has 94 valence electrons. The molecule has 0 saturated heterocycles. The summed E-state index contributed by atoms with van der Waals surface area (Å²) in [4.78, 5) is 7.88. The monoisotopic (exact) mass is 282 g/mol. The number of halogens is 1. The number of nitrogens with zero attached hydrogens (tertiary/aromatic N) is 4. The largest absolute Gasteiger partial charge is 0.238 e. The Kier molecular flexibility index (Phi) is 3.25. The van der Waals surface area contributed by atoms with Crippen LogP contribution in [-0.4, -0.2) is 20.2 Å². The SMILES string of the molecule is CCc1ncnc(Sc2nnc(C3CC3)s2)c1F. The summed E-state index contributed by atoms with van der Waals surface area (Å²) >= 11 is 2.76. The lowest BCUT2D eigenvalue weighted by atomic mass is 10.3. The molecule has 0 aromatic carbocycles. The average Bonchev–Trinajstić information content (AvgIpc) is 3.13. The van der Waals surface area contributed by atoms with Gasteiger partial charge in [0.05, 0.1) is 5.69 Å². The van der Waals surface area contributed by atoms with E-state index in [4.69, 9.17) is 0 Å². The summed E-state index contributed by atoms with van der Waals surface area (Å²) in [5.41, 5.74) is 0.444. The van der Waals surface area contributed by atoms with Gasteiger partial charge in [-0.05, 0) is 31.0 Å². The van der Waals surface area contributed by atoms with E-state index in [1.807, 2.05) is 6.92 Å². The molecule has 1 aliphatic carbocycles. The molecule has 1 saturated carbocycles. The molecule has 4 nitrogen and oxygen atoms in total. The fourth-order valence-corrected chi connectivity index (χ4v) is 3.50. The van der Waals surface area contributed by atoms with Gasteiger partial charge in [-0.1, -0.05) is 18.3 Å². The summed E-state index contributed by atoms with van der Waals surface area (Å²) in [6.07, 6.45) is 4.35. The van der Waals surface area contributed by atoms with E-state index in [-0.39, 0.29) is 5.82 Å². The van der Waals surface area contributed by atoms with Gasteiger partial charge in [0.25, 0.3) is 0 Å². The highest BCUT2D eigenvalue weighted by molar-refractivity contribution is 8.01. The maximum atomic E-state index is 13.9. The van der Waals surface area contributed by atoms with Crippen molar-refractivity contribution in [3.63, 3.8) is 0 Å². The van der Waals surface area contributed by atoms with Gasteiger partial charge >= 0.3 is 0 Å². The molecule has 0 radical (unpaired) electrons. The third-order valence-corrected chi connectivity index (χ3v) is 4.81. The highest BCUT2D eigenvalue weighted by Crippen LogP contribution is 2.43. The molecule has 0 spiro atoms. The van der Waals surface area contributed by atoms with Crippen LogP contribution in [0.2, 0.25) is 0 Å². The summed E-state index contributed by atoms with van der Waals surface area (Å²) in [6.45, 7) is 1.87. The molecule has 0 aliphatic heterocycles. The number of hydrogen-bond donors (Lipinski definition) is 0. The van der Waals surface area contributed by atoms with Gasteiger partial charge in [-0.2, -0.15) is 0 Å². The first-order valence-corrected chi connectivity index (χ1v) is 7.42. The zero-order valence-corrected chi connectivity index (χ0v) is 11.4. The van der Waals surface area contributed by atoms with Crippen LogP contribution in [0.5, 0.6) is 0 Å². The zero-order valence-electron chi connectivity index (χ0n) is 9.76. The third-order valence-electron chi connectivity index (χ3n) is 2.70. The van der Waals surface area contributed by atoms with Crippen molar-refractivity contribution in [1.29, 1.82) is 0 Å². The maximum Gasteiger partial charge on any atom is 0.180 e. The molecule has 0 atom stereocenters. The third kappa shape index (κ3) is 2.37. The molecule has 0 bridgehead atoms. The predicted molar refractivity (Wildman–Crippen MR) is 67.4 cm³/mol. The summed E-state index contributed by atoms with van der Waals surface area (Å²) < 4.78 is 14.7. The van der Waals surface area contributed by atoms with E-state index in [9.17, 15) is 4.39 Å². The number of hydrogen-bond acceptors (Lipinski definition) is 6. The van der Waals surface area contributed by atoms with Gasteiger partial charge < -0.3 is 0 Å². The van der Waals surface area contributed by atoms with Crippen LogP contribution in [0.15, 0.2) is 15.7 Å². The minimum absolute atomic E-state index is 0.334.